The van der Waals surface area contributed by atoms with Gasteiger partial charge in [0.1, 0.15) is 0 Å². The Balaban J connectivity index is 2.58. The van der Waals surface area contributed by atoms with Gasteiger partial charge in [-0.1, -0.05) is 17.7 Å². The summed E-state index contributed by atoms with van der Waals surface area (Å²) < 4.78 is 0. The zero-order valence-corrected chi connectivity index (χ0v) is 10.9. The lowest BCUT2D eigenvalue weighted by molar-refractivity contribution is 0.203. The van der Waals surface area contributed by atoms with Crippen LogP contribution in [0, 0.1) is 0 Å². The number of carbonyl (C=O) groups excluding carboxylic acids is 1. The summed E-state index contributed by atoms with van der Waals surface area (Å²) in [6, 6.07) is 5.19. The fourth-order valence-electron chi connectivity index (χ4n) is 1.50. The van der Waals surface area contributed by atoms with Crippen molar-refractivity contribution in [3.05, 3.63) is 28.8 Å². The summed E-state index contributed by atoms with van der Waals surface area (Å²) in [7, 11) is 0. The number of hydrogen-bond donors (Lipinski definition) is 2. The summed E-state index contributed by atoms with van der Waals surface area (Å²) in [4.78, 5) is 13.4. The minimum absolute atomic E-state index is 0.0807. The van der Waals surface area contributed by atoms with Crippen molar-refractivity contribution < 1.29 is 4.79 Å². The van der Waals surface area contributed by atoms with Gasteiger partial charge in [0.15, 0.2) is 0 Å². The highest BCUT2D eigenvalue weighted by Crippen LogP contribution is 2.18. The van der Waals surface area contributed by atoms with E-state index in [1.807, 2.05) is 19.9 Å². The van der Waals surface area contributed by atoms with Gasteiger partial charge in [0.2, 0.25) is 0 Å². The average Bonchev–Trinajstić information content (AvgIpc) is 2.29. The van der Waals surface area contributed by atoms with Crippen molar-refractivity contribution in [3.8, 4) is 0 Å². The SMILES string of the molecule is CCN(CC)C(=O)NCc1ccc(N)cc1Cl. The molecule has 3 N–H and O–H groups in total. The largest absolute Gasteiger partial charge is 0.399 e. The molecule has 1 aromatic carbocycles. The second kappa shape index (κ2) is 6.35. The Morgan fingerprint density at radius 1 is 1.41 bits per heavy atom. The van der Waals surface area contributed by atoms with Crippen LogP contribution in [0.4, 0.5) is 10.5 Å². The van der Waals surface area contributed by atoms with Crippen LogP contribution >= 0.6 is 11.6 Å². The minimum Gasteiger partial charge on any atom is -0.399 e. The number of nitrogens with zero attached hydrogens (tertiary/aromatic N) is 1. The highest BCUT2D eigenvalue weighted by Gasteiger charge is 2.09. The van der Waals surface area contributed by atoms with Crippen molar-refractivity contribution in [3.63, 3.8) is 0 Å². The van der Waals surface area contributed by atoms with E-state index < -0.39 is 0 Å². The molecule has 1 rings (SSSR count). The van der Waals surface area contributed by atoms with Crippen LogP contribution in [0.5, 0.6) is 0 Å². The highest BCUT2D eigenvalue weighted by molar-refractivity contribution is 6.31. The van der Waals surface area contributed by atoms with Crippen LogP contribution in [0.2, 0.25) is 5.02 Å². The lowest BCUT2D eigenvalue weighted by Crippen LogP contribution is -2.39. The van der Waals surface area contributed by atoms with Gasteiger partial charge in [-0.2, -0.15) is 0 Å². The maximum Gasteiger partial charge on any atom is 0.317 e. The molecule has 5 heteroatoms. The van der Waals surface area contributed by atoms with Gasteiger partial charge in [-0.15, -0.1) is 0 Å². The summed E-state index contributed by atoms with van der Waals surface area (Å²) in [5, 5.41) is 3.40. The lowest BCUT2D eigenvalue weighted by Gasteiger charge is -2.19. The topological polar surface area (TPSA) is 58.4 Å². The predicted octanol–water partition coefficient (Wildman–Crippen LogP) is 2.47. The number of carbonyl (C=O) groups is 1. The standard InChI is InChI=1S/C12H18ClN3O/c1-3-16(4-2)12(17)15-8-9-5-6-10(14)7-11(9)13/h5-7H,3-4,8,14H2,1-2H3,(H,15,17). The molecule has 0 unspecified atom stereocenters. The molecule has 0 aliphatic rings. The van der Waals surface area contributed by atoms with Crippen LogP contribution in [0.1, 0.15) is 19.4 Å². The zero-order valence-electron chi connectivity index (χ0n) is 10.2. The molecule has 0 saturated heterocycles. The van der Waals surface area contributed by atoms with Gasteiger partial charge >= 0.3 is 6.03 Å². The lowest BCUT2D eigenvalue weighted by atomic mass is 10.2. The Morgan fingerprint density at radius 3 is 2.59 bits per heavy atom. The van der Waals surface area contributed by atoms with Crippen LogP contribution in [-0.2, 0) is 6.54 Å². The molecule has 2 amide bonds. The maximum atomic E-state index is 11.7. The first-order valence-corrected chi connectivity index (χ1v) is 6.03. The number of halogens is 1. The van der Waals surface area contributed by atoms with Crippen LogP contribution in [-0.4, -0.2) is 24.0 Å². The molecule has 0 aliphatic heterocycles. The van der Waals surface area contributed by atoms with Crippen molar-refractivity contribution in [2.75, 3.05) is 18.8 Å². The molecule has 0 heterocycles. The molecular formula is C12H18ClN3O. The van der Waals surface area contributed by atoms with Gasteiger partial charge in [-0.05, 0) is 31.5 Å². The van der Waals surface area contributed by atoms with Crippen LogP contribution in [0.25, 0.3) is 0 Å². The normalized spacial score (nSPS) is 10.1. The third kappa shape index (κ3) is 3.82. The number of nitrogens with one attached hydrogen (secondary N) is 1. The predicted molar refractivity (Wildman–Crippen MR) is 71.0 cm³/mol. The van der Waals surface area contributed by atoms with E-state index in [2.05, 4.69) is 5.32 Å². The Labute approximate surface area is 107 Å². The van der Waals surface area contributed by atoms with Crippen molar-refractivity contribution in [2.45, 2.75) is 20.4 Å². The number of hydrogen-bond acceptors (Lipinski definition) is 2. The highest BCUT2D eigenvalue weighted by atomic mass is 35.5. The zero-order chi connectivity index (χ0) is 12.8. The second-order valence-corrected chi connectivity index (χ2v) is 4.09. The van der Waals surface area contributed by atoms with E-state index >= 15 is 0 Å². The van der Waals surface area contributed by atoms with Gasteiger partial charge in [0.25, 0.3) is 0 Å². The molecule has 4 nitrogen and oxygen atoms in total. The Kier molecular flexibility index (Phi) is 5.10. The van der Waals surface area contributed by atoms with Crippen molar-refractivity contribution >= 4 is 23.3 Å². The van der Waals surface area contributed by atoms with Gasteiger partial charge in [0, 0.05) is 30.3 Å². The van der Waals surface area contributed by atoms with E-state index in [9.17, 15) is 4.79 Å². The molecule has 1 aromatic rings. The fourth-order valence-corrected chi connectivity index (χ4v) is 1.76. The number of anilines is 1. The quantitative estimate of drug-likeness (QED) is 0.812. The summed E-state index contributed by atoms with van der Waals surface area (Å²) in [5.74, 6) is 0. The second-order valence-electron chi connectivity index (χ2n) is 3.68. The third-order valence-electron chi connectivity index (χ3n) is 2.56. The van der Waals surface area contributed by atoms with E-state index in [-0.39, 0.29) is 6.03 Å². The number of nitrogens with two attached hydrogens (primary N) is 1. The van der Waals surface area contributed by atoms with Crippen LogP contribution < -0.4 is 11.1 Å². The number of nitrogen functional groups attached to an aromatic ring is 1. The molecule has 0 radical (unpaired) electrons. The molecule has 0 aromatic heterocycles. The fraction of sp³-hybridized carbons (Fsp3) is 0.417. The van der Waals surface area contributed by atoms with Crippen molar-refractivity contribution in [1.29, 1.82) is 0 Å². The van der Waals surface area contributed by atoms with Crippen LogP contribution in [0.3, 0.4) is 0 Å². The summed E-state index contributed by atoms with van der Waals surface area (Å²) in [6.07, 6.45) is 0. The molecule has 0 fully saturated rings. The Bertz CT molecular complexity index is 391. The summed E-state index contributed by atoms with van der Waals surface area (Å²) in [5.41, 5.74) is 7.08. The van der Waals surface area contributed by atoms with Crippen molar-refractivity contribution in [1.82, 2.24) is 10.2 Å². The minimum atomic E-state index is -0.0807. The average molecular weight is 256 g/mol. The van der Waals surface area contributed by atoms with E-state index in [0.717, 1.165) is 5.56 Å². The summed E-state index contributed by atoms with van der Waals surface area (Å²) >= 11 is 6.02. The van der Waals surface area contributed by atoms with Crippen molar-refractivity contribution in [2.24, 2.45) is 0 Å². The molecule has 0 bridgehead atoms. The molecular weight excluding hydrogens is 238 g/mol. The number of urea groups is 1. The molecule has 0 atom stereocenters. The third-order valence-corrected chi connectivity index (χ3v) is 2.91. The maximum absolute atomic E-state index is 11.7. The van der Waals surface area contributed by atoms with Gasteiger partial charge in [-0.3, -0.25) is 0 Å². The monoisotopic (exact) mass is 255 g/mol. The number of amides is 2. The van der Waals surface area contributed by atoms with E-state index in [4.69, 9.17) is 17.3 Å². The molecule has 17 heavy (non-hydrogen) atoms. The van der Waals surface area contributed by atoms with E-state index in [0.29, 0.717) is 30.3 Å². The first kappa shape index (κ1) is 13.6. The first-order chi connectivity index (χ1) is 8.08. The van der Waals surface area contributed by atoms with Gasteiger partial charge in [0.05, 0.1) is 0 Å². The van der Waals surface area contributed by atoms with Gasteiger partial charge in [-0.25, -0.2) is 4.79 Å². The Morgan fingerprint density at radius 2 is 2.06 bits per heavy atom. The molecule has 0 saturated carbocycles. The Hall–Kier alpha value is -1.42. The first-order valence-electron chi connectivity index (χ1n) is 5.65. The number of benzene rings is 1. The summed E-state index contributed by atoms with van der Waals surface area (Å²) in [6.45, 7) is 5.68. The van der Waals surface area contributed by atoms with Crippen LogP contribution in [0.15, 0.2) is 18.2 Å². The van der Waals surface area contributed by atoms with E-state index in [1.165, 1.54) is 0 Å². The van der Waals surface area contributed by atoms with Gasteiger partial charge < -0.3 is 16.0 Å². The smallest absolute Gasteiger partial charge is 0.317 e. The van der Waals surface area contributed by atoms with E-state index in [1.54, 1.807) is 17.0 Å². The molecule has 0 aliphatic carbocycles. The number of rotatable bonds is 4. The molecule has 94 valence electrons. The molecule has 0 spiro atoms.